The van der Waals surface area contributed by atoms with Crippen molar-refractivity contribution < 1.29 is 19.5 Å². The molecule has 1 aliphatic heterocycles. The topological polar surface area (TPSA) is 43.1 Å². The highest BCUT2D eigenvalue weighted by atomic mass is 16.5. The Morgan fingerprint density at radius 3 is 2.32 bits per heavy atom. The second-order valence-electron chi connectivity index (χ2n) is 6.81. The van der Waals surface area contributed by atoms with Gasteiger partial charge in [0, 0.05) is 0 Å². The molecule has 1 saturated heterocycles. The van der Waals surface area contributed by atoms with E-state index in [1.54, 1.807) is 0 Å². The second-order valence-corrected chi connectivity index (χ2v) is 6.81. The molecule has 1 heterocycles. The van der Waals surface area contributed by atoms with E-state index in [4.69, 9.17) is 9.47 Å². The number of quaternary nitrogens is 1. The summed E-state index contributed by atoms with van der Waals surface area (Å²) in [6.07, 6.45) is 0.0724. The van der Waals surface area contributed by atoms with Gasteiger partial charge in [0.15, 0.2) is 0 Å². The fourth-order valence-corrected chi connectivity index (χ4v) is 3.09. The summed E-state index contributed by atoms with van der Waals surface area (Å²) in [5, 5.41) is 10.2. The lowest BCUT2D eigenvalue weighted by molar-refractivity contribution is -0.918. The third kappa shape index (κ3) is 5.27. The lowest BCUT2D eigenvalue weighted by Gasteiger charge is -2.33. The van der Waals surface area contributed by atoms with E-state index in [0.717, 1.165) is 18.8 Å². The summed E-state index contributed by atoms with van der Waals surface area (Å²) in [7, 11) is 0. The van der Waals surface area contributed by atoms with Gasteiger partial charge in [-0.15, -0.1) is 0 Å². The van der Waals surface area contributed by atoms with Crippen LogP contribution in [0.1, 0.15) is 39.2 Å². The van der Waals surface area contributed by atoms with E-state index in [2.05, 4.69) is 39.8 Å². The Morgan fingerprint density at radius 1 is 1.18 bits per heavy atom. The molecule has 0 aromatic heterocycles. The fraction of sp³-hybridized carbons (Fsp3) is 0.667. The highest BCUT2D eigenvalue weighted by Crippen LogP contribution is 2.18. The molecule has 0 radical (unpaired) electrons. The summed E-state index contributed by atoms with van der Waals surface area (Å²) in [5.74, 6) is 1.34. The molecule has 1 fully saturated rings. The number of benzene rings is 1. The Balaban J connectivity index is 1.76. The Kier molecular flexibility index (Phi) is 6.24. The van der Waals surface area contributed by atoms with Gasteiger partial charge in [0.2, 0.25) is 0 Å². The number of rotatable bonds is 6. The van der Waals surface area contributed by atoms with Gasteiger partial charge < -0.3 is 19.5 Å². The molecular weight excluding hydrogens is 278 g/mol. The number of aliphatic hydroxyl groups excluding tert-OH is 1. The Morgan fingerprint density at radius 2 is 1.77 bits per heavy atom. The van der Waals surface area contributed by atoms with Crippen LogP contribution in [0.2, 0.25) is 0 Å². The normalized spacial score (nSPS) is 26.9. The molecule has 1 aromatic carbocycles. The first-order valence-corrected chi connectivity index (χ1v) is 8.34. The summed E-state index contributed by atoms with van der Waals surface area (Å²) in [6, 6.07) is 8.13. The van der Waals surface area contributed by atoms with Crippen LogP contribution >= 0.6 is 0 Å². The first kappa shape index (κ1) is 17.3. The van der Waals surface area contributed by atoms with Crippen LogP contribution in [0, 0.1) is 0 Å². The smallest absolute Gasteiger partial charge is 0.137 e. The molecule has 0 saturated carbocycles. The van der Waals surface area contributed by atoms with Crippen molar-refractivity contribution in [1.29, 1.82) is 0 Å². The third-order valence-electron chi connectivity index (χ3n) is 4.13. The van der Waals surface area contributed by atoms with Gasteiger partial charge in [-0.05, 0) is 37.5 Å². The summed E-state index contributed by atoms with van der Waals surface area (Å²) in [6.45, 7) is 11.5. The zero-order chi connectivity index (χ0) is 16.1. The van der Waals surface area contributed by atoms with Crippen molar-refractivity contribution in [3.8, 4) is 5.75 Å². The third-order valence-corrected chi connectivity index (χ3v) is 4.13. The van der Waals surface area contributed by atoms with Crippen LogP contribution in [-0.4, -0.2) is 49.7 Å². The number of hydrogen-bond acceptors (Lipinski definition) is 3. The monoisotopic (exact) mass is 308 g/mol. The Hall–Kier alpha value is -1.10. The van der Waals surface area contributed by atoms with Crippen molar-refractivity contribution in [1.82, 2.24) is 0 Å². The number of ether oxygens (including phenoxy) is 2. The predicted octanol–water partition coefficient (Wildman–Crippen LogP) is 1.24. The molecule has 2 N–H and O–H groups in total. The zero-order valence-corrected chi connectivity index (χ0v) is 14.2. The van der Waals surface area contributed by atoms with Gasteiger partial charge in [-0.1, -0.05) is 26.0 Å². The van der Waals surface area contributed by atoms with Crippen LogP contribution in [0.15, 0.2) is 24.3 Å². The largest absolute Gasteiger partial charge is 0.491 e. The van der Waals surface area contributed by atoms with Gasteiger partial charge in [0.25, 0.3) is 0 Å². The lowest BCUT2D eigenvalue weighted by atomic mass is 10.0. The minimum absolute atomic E-state index is 0.260. The molecule has 22 heavy (non-hydrogen) atoms. The molecule has 4 heteroatoms. The maximum atomic E-state index is 10.2. The SMILES string of the molecule is CC(C)c1ccc(OC[C@@H](O)C[NH+]2C[C@@H](C)O[C@H](C)C2)cc1. The molecule has 3 atom stereocenters. The minimum atomic E-state index is -0.447. The van der Waals surface area contributed by atoms with Crippen molar-refractivity contribution in [3.05, 3.63) is 29.8 Å². The van der Waals surface area contributed by atoms with Crippen LogP contribution in [0.3, 0.4) is 0 Å². The van der Waals surface area contributed by atoms with E-state index in [9.17, 15) is 5.11 Å². The van der Waals surface area contributed by atoms with Crippen molar-refractivity contribution >= 4 is 0 Å². The summed E-state index contributed by atoms with van der Waals surface area (Å²) in [4.78, 5) is 1.39. The van der Waals surface area contributed by atoms with Gasteiger partial charge in [-0.25, -0.2) is 0 Å². The van der Waals surface area contributed by atoms with E-state index in [-0.39, 0.29) is 12.2 Å². The van der Waals surface area contributed by atoms with Gasteiger partial charge in [-0.2, -0.15) is 0 Å². The molecule has 124 valence electrons. The van der Waals surface area contributed by atoms with Crippen LogP contribution in [0.4, 0.5) is 0 Å². The van der Waals surface area contributed by atoms with Crippen molar-refractivity contribution in [2.45, 2.75) is 51.9 Å². The summed E-state index contributed by atoms with van der Waals surface area (Å²) >= 11 is 0. The van der Waals surface area contributed by atoms with E-state index in [1.807, 2.05) is 12.1 Å². The van der Waals surface area contributed by atoms with Gasteiger partial charge in [0.05, 0.1) is 0 Å². The maximum Gasteiger partial charge on any atom is 0.137 e. The van der Waals surface area contributed by atoms with Crippen molar-refractivity contribution in [2.75, 3.05) is 26.2 Å². The zero-order valence-electron chi connectivity index (χ0n) is 14.2. The molecule has 4 nitrogen and oxygen atoms in total. The number of morpholine rings is 1. The molecule has 0 amide bonds. The first-order valence-electron chi connectivity index (χ1n) is 8.34. The molecule has 0 spiro atoms. The van der Waals surface area contributed by atoms with E-state index >= 15 is 0 Å². The Bertz CT molecular complexity index is 436. The van der Waals surface area contributed by atoms with Crippen LogP contribution in [-0.2, 0) is 4.74 Å². The van der Waals surface area contributed by atoms with Gasteiger partial charge >= 0.3 is 0 Å². The molecule has 0 bridgehead atoms. The maximum absolute atomic E-state index is 10.2. The summed E-state index contributed by atoms with van der Waals surface area (Å²) in [5.41, 5.74) is 1.30. The Labute approximate surface area is 134 Å². The van der Waals surface area contributed by atoms with Crippen LogP contribution < -0.4 is 9.64 Å². The minimum Gasteiger partial charge on any atom is -0.491 e. The molecule has 0 aliphatic carbocycles. The molecular formula is C18H30NO3+. The van der Waals surface area contributed by atoms with E-state index in [0.29, 0.717) is 19.1 Å². The molecule has 0 unspecified atom stereocenters. The van der Waals surface area contributed by atoms with Crippen molar-refractivity contribution in [3.63, 3.8) is 0 Å². The van der Waals surface area contributed by atoms with Gasteiger partial charge in [-0.3, -0.25) is 0 Å². The van der Waals surface area contributed by atoms with Crippen LogP contribution in [0.25, 0.3) is 0 Å². The number of nitrogens with one attached hydrogen (secondary N) is 1. The average molecular weight is 308 g/mol. The highest BCUT2D eigenvalue weighted by Gasteiger charge is 2.27. The average Bonchev–Trinajstić information content (AvgIpc) is 2.44. The van der Waals surface area contributed by atoms with Crippen molar-refractivity contribution in [2.24, 2.45) is 0 Å². The molecule has 1 aromatic rings. The highest BCUT2D eigenvalue weighted by molar-refractivity contribution is 5.28. The number of aliphatic hydroxyl groups is 1. The quantitative estimate of drug-likeness (QED) is 0.831. The van der Waals surface area contributed by atoms with E-state index < -0.39 is 6.10 Å². The molecule has 2 rings (SSSR count). The fourth-order valence-electron chi connectivity index (χ4n) is 3.09. The van der Waals surface area contributed by atoms with E-state index in [1.165, 1.54) is 10.5 Å². The molecule has 1 aliphatic rings. The standard InChI is InChI=1S/C18H29NO3/c1-13(2)16-5-7-18(8-6-16)21-12-17(20)11-19-9-14(3)22-15(4)10-19/h5-8,13-15,17,20H,9-12H2,1-4H3/p+1/t14-,15-,17+/m1/s1. The first-order chi connectivity index (χ1) is 10.4. The number of hydrogen-bond donors (Lipinski definition) is 2. The van der Waals surface area contributed by atoms with Crippen LogP contribution in [0.5, 0.6) is 5.75 Å². The predicted molar refractivity (Wildman–Crippen MR) is 87.6 cm³/mol. The lowest BCUT2D eigenvalue weighted by Crippen LogP contribution is -3.16. The van der Waals surface area contributed by atoms with Gasteiger partial charge in [0.1, 0.15) is 50.3 Å². The second kappa shape index (κ2) is 7.95. The summed E-state index contributed by atoms with van der Waals surface area (Å²) < 4.78 is 11.4.